The summed E-state index contributed by atoms with van der Waals surface area (Å²) in [5.74, 6) is 1.80. The molecule has 0 unspecified atom stereocenters. The highest BCUT2D eigenvalue weighted by molar-refractivity contribution is 9.10. The van der Waals surface area contributed by atoms with Crippen molar-refractivity contribution in [3.05, 3.63) is 82.8 Å². The Kier molecular flexibility index (Phi) is 6.92. The van der Waals surface area contributed by atoms with Gasteiger partial charge in [0.05, 0.1) is 17.3 Å². The van der Waals surface area contributed by atoms with Gasteiger partial charge < -0.3 is 19.5 Å². The Balaban J connectivity index is 1.60. The Morgan fingerprint density at radius 1 is 0.893 bits per heavy atom. The molecule has 0 atom stereocenters. The zero-order valence-corrected chi connectivity index (χ0v) is 16.9. The molecule has 0 fully saturated rings. The minimum Gasteiger partial charge on any atom is -0.496 e. The molecule has 0 spiro atoms. The first kappa shape index (κ1) is 19.8. The minimum atomic E-state index is -0.236. The van der Waals surface area contributed by atoms with Crippen LogP contribution in [0.5, 0.6) is 17.2 Å². The van der Waals surface area contributed by atoms with Crippen molar-refractivity contribution >= 4 is 27.5 Å². The molecule has 28 heavy (non-hydrogen) atoms. The summed E-state index contributed by atoms with van der Waals surface area (Å²) in [5.41, 5.74) is 1.11. The monoisotopic (exact) mass is 441 g/mol. The predicted molar refractivity (Wildman–Crippen MR) is 113 cm³/mol. The van der Waals surface area contributed by atoms with E-state index in [1.54, 1.807) is 31.4 Å². The molecule has 0 heterocycles. The number of carbonyl (C=O) groups excluding carboxylic acids is 1. The minimum absolute atomic E-state index is 0.236. The van der Waals surface area contributed by atoms with Crippen LogP contribution in [0.1, 0.15) is 10.4 Å². The molecule has 3 aromatic carbocycles. The van der Waals surface area contributed by atoms with Crippen molar-refractivity contribution in [1.29, 1.82) is 0 Å². The fourth-order valence-electron chi connectivity index (χ4n) is 2.53. The lowest BCUT2D eigenvalue weighted by Gasteiger charge is -2.13. The second-order valence-electron chi connectivity index (χ2n) is 5.81. The average Bonchev–Trinajstić information content (AvgIpc) is 2.73. The number of para-hydroxylation sites is 3. The van der Waals surface area contributed by atoms with Crippen LogP contribution in [0.25, 0.3) is 0 Å². The lowest BCUT2D eigenvalue weighted by atomic mass is 10.2. The van der Waals surface area contributed by atoms with E-state index in [0.29, 0.717) is 40.4 Å². The maximum absolute atomic E-state index is 12.6. The quantitative estimate of drug-likeness (QED) is 0.490. The smallest absolute Gasteiger partial charge is 0.255 e. The molecule has 3 aromatic rings. The standard InChI is InChI=1S/C22H20BrNO4/c1-26-20-12-11-16(15-18(20)23)22(25)24-19-9-5-6-10-21(19)28-14-13-27-17-7-3-2-4-8-17/h2-12,15H,13-14H2,1H3,(H,24,25). The number of hydrogen-bond acceptors (Lipinski definition) is 4. The Labute approximate surface area is 172 Å². The molecule has 0 aliphatic carbocycles. The number of hydrogen-bond donors (Lipinski definition) is 1. The SMILES string of the molecule is COc1ccc(C(=O)Nc2ccccc2OCCOc2ccccc2)cc1Br. The molecular formula is C22H20BrNO4. The van der Waals surface area contributed by atoms with Gasteiger partial charge in [-0.2, -0.15) is 0 Å². The summed E-state index contributed by atoms with van der Waals surface area (Å²) in [5, 5.41) is 2.88. The third-order valence-corrected chi connectivity index (χ3v) is 4.52. The van der Waals surface area contributed by atoms with Crippen molar-refractivity contribution in [2.24, 2.45) is 0 Å². The Morgan fingerprint density at radius 3 is 2.36 bits per heavy atom. The van der Waals surface area contributed by atoms with E-state index >= 15 is 0 Å². The third-order valence-electron chi connectivity index (χ3n) is 3.90. The van der Waals surface area contributed by atoms with E-state index in [-0.39, 0.29) is 5.91 Å². The van der Waals surface area contributed by atoms with Gasteiger partial charge in [-0.1, -0.05) is 30.3 Å². The number of rotatable bonds is 8. The number of anilines is 1. The van der Waals surface area contributed by atoms with Crippen molar-refractivity contribution < 1.29 is 19.0 Å². The molecule has 144 valence electrons. The first-order valence-electron chi connectivity index (χ1n) is 8.72. The number of ether oxygens (including phenoxy) is 3. The molecular weight excluding hydrogens is 422 g/mol. The fraction of sp³-hybridized carbons (Fsp3) is 0.136. The molecule has 0 saturated heterocycles. The van der Waals surface area contributed by atoms with Crippen LogP contribution in [0.3, 0.4) is 0 Å². The Bertz CT molecular complexity index is 931. The first-order chi connectivity index (χ1) is 13.7. The molecule has 1 N–H and O–H groups in total. The number of methoxy groups -OCH3 is 1. The number of halogens is 1. The van der Waals surface area contributed by atoms with Crippen molar-refractivity contribution in [3.63, 3.8) is 0 Å². The van der Waals surface area contributed by atoms with Gasteiger partial charge in [0.1, 0.15) is 30.5 Å². The molecule has 0 radical (unpaired) electrons. The molecule has 0 aromatic heterocycles. The Morgan fingerprint density at radius 2 is 1.61 bits per heavy atom. The van der Waals surface area contributed by atoms with Gasteiger partial charge in [-0.05, 0) is 58.4 Å². The summed E-state index contributed by atoms with van der Waals surface area (Å²) < 4.78 is 17.3. The van der Waals surface area contributed by atoms with Crippen molar-refractivity contribution in [2.75, 3.05) is 25.6 Å². The third kappa shape index (κ3) is 5.27. The summed E-state index contributed by atoms with van der Waals surface area (Å²) >= 11 is 3.39. The van der Waals surface area contributed by atoms with Gasteiger partial charge in [0.2, 0.25) is 0 Å². The zero-order chi connectivity index (χ0) is 19.8. The van der Waals surface area contributed by atoms with Gasteiger partial charge in [-0.3, -0.25) is 4.79 Å². The number of amides is 1. The van der Waals surface area contributed by atoms with E-state index < -0.39 is 0 Å². The van der Waals surface area contributed by atoms with Gasteiger partial charge in [0.25, 0.3) is 5.91 Å². The van der Waals surface area contributed by atoms with Crippen LogP contribution in [-0.2, 0) is 0 Å². The van der Waals surface area contributed by atoms with Gasteiger partial charge >= 0.3 is 0 Å². The molecule has 1 amide bonds. The lowest BCUT2D eigenvalue weighted by Crippen LogP contribution is -2.14. The molecule has 0 bridgehead atoms. The summed E-state index contributed by atoms with van der Waals surface area (Å²) in [6, 6.07) is 22.0. The Hall–Kier alpha value is -2.99. The predicted octanol–water partition coefficient (Wildman–Crippen LogP) is 5.17. The van der Waals surface area contributed by atoms with E-state index in [1.165, 1.54) is 0 Å². The topological polar surface area (TPSA) is 56.8 Å². The largest absolute Gasteiger partial charge is 0.496 e. The summed E-state index contributed by atoms with van der Waals surface area (Å²) in [4.78, 5) is 12.6. The average molecular weight is 442 g/mol. The maximum Gasteiger partial charge on any atom is 0.255 e. The van der Waals surface area contributed by atoms with Gasteiger partial charge in [0.15, 0.2) is 0 Å². The van der Waals surface area contributed by atoms with E-state index in [2.05, 4.69) is 21.2 Å². The van der Waals surface area contributed by atoms with Crippen LogP contribution in [-0.4, -0.2) is 26.2 Å². The summed E-state index contributed by atoms with van der Waals surface area (Å²) in [7, 11) is 1.58. The number of nitrogens with one attached hydrogen (secondary N) is 1. The highest BCUT2D eigenvalue weighted by atomic mass is 79.9. The van der Waals surface area contributed by atoms with Gasteiger partial charge in [-0.25, -0.2) is 0 Å². The number of benzene rings is 3. The molecule has 0 saturated carbocycles. The van der Waals surface area contributed by atoms with E-state index in [4.69, 9.17) is 14.2 Å². The molecule has 0 aliphatic heterocycles. The van der Waals surface area contributed by atoms with Crippen LogP contribution < -0.4 is 19.5 Å². The van der Waals surface area contributed by atoms with Crippen LogP contribution in [0.4, 0.5) is 5.69 Å². The van der Waals surface area contributed by atoms with Gasteiger partial charge in [0, 0.05) is 5.56 Å². The molecule has 5 nitrogen and oxygen atoms in total. The van der Waals surface area contributed by atoms with Crippen molar-refractivity contribution in [2.45, 2.75) is 0 Å². The van der Waals surface area contributed by atoms with Crippen LogP contribution in [0.2, 0.25) is 0 Å². The number of carbonyl (C=O) groups is 1. The van der Waals surface area contributed by atoms with E-state index in [9.17, 15) is 4.79 Å². The lowest BCUT2D eigenvalue weighted by molar-refractivity contribution is 0.102. The summed E-state index contributed by atoms with van der Waals surface area (Å²) in [6.45, 7) is 0.758. The van der Waals surface area contributed by atoms with Crippen LogP contribution in [0, 0.1) is 0 Å². The van der Waals surface area contributed by atoms with Crippen molar-refractivity contribution in [3.8, 4) is 17.2 Å². The van der Waals surface area contributed by atoms with Gasteiger partial charge in [-0.15, -0.1) is 0 Å². The molecule has 6 heteroatoms. The normalized spacial score (nSPS) is 10.2. The second-order valence-corrected chi connectivity index (χ2v) is 6.66. The molecule has 0 aliphatic rings. The fourth-order valence-corrected chi connectivity index (χ4v) is 3.07. The van der Waals surface area contributed by atoms with E-state index in [1.807, 2.05) is 48.5 Å². The highest BCUT2D eigenvalue weighted by Crippen LogP contribution is 2.28. The summed E-state index contributed by atoms with van der Waals surface area (Å²) in [6.07, 6.45) is 0. The highest BCUT2D eigenvalue weighted by Gasteiger charge is 2.12. The first-order valence-corrected chi connectivity index (χ1v) is 9.51. The zero-order valence-electron chi connectivity index (χ0n) is 15.4. The maximum atomic E-state index is 12.6. The van der Waals surface area contributed by atoms with Crippen LogP contribution in [0.15, 0.2) is 77.3 Å². The second kappa shape index (κ2) is 9.80. The molecule has 3 rings (SSSR count). The van der Waals surface area contributed by atoms with E-state index in [0.717, 1.165) is 5.75 Å². The van der Waals surface area contributed by atoms with Crippen molar-refractivity contribution in [1.82, 2.24) is 0 Å². The van der Waals surface area contributed by atoms with Crippen LogP contribution >= 0.6 is 15.9 Å².